The van der Waals surface area contributed by atoms with E-state index in [1.807, 2.05) is 6.20 Å². The molecule has 184 valence electrons. The molecule has 2 aromatic rings. The van der Waals surface area contributed by atoms with Gasteiger partial charge in [0.15, 0.2) is 0 Å². The first-order valence-electron chi connectivity index (χ1n) is 13.6. The van der Waals surface area contributed by atoms with Crippen LogP contribution >= 0.6 is 0 Å². The van der Waals surface area contributed by atoms with Gasteiger partial charge in [-0.1, -0.05) is 42.9 Å². The van der Waals surface area contributed by atoms with Gasteiger partial charge in [0.25, 0.3) is 0 Å². The molecule has 6 nitrogen and oxygen atoms in total. The SMILES string of the molecule is C/C=C(\C=C/C(C)C1=CCC2C(=C1)CCc1[nH]c([C@@H]3CCCN3)nc12)c1cnc([C@@H]2CCCN2)[nH]1. The van der Waals surface area contributed by atoms with E-state index in [2.05, 4.69) is 69.8 Å². The number of nitrogens with zero attached hydrogens (tertiary/aromatic N) is 2. The van der Waals surface area contributed by atoms with E-state index < -0.39 is 0 Å². The van der Waals surface area contributed by atoms with Crippen LogP contribution in [-0.4, -0.2) is 33.0 Å². The lowest BCUT2D eigenvalue weighted by Crippen LogP contribution is -2.16. The number of hydrogen-bond donors (Lipinski definition) is 4. The number of fused-ring (bicyclic) bond motifs is 3. The molecule has 4 atom stereocenters. The van der Waals surface area contributed by atoms with Crippen LogP contribution in [-0.2, 0) is 6.42 Å². The van der Waals surface area contributed by atoms with Gasteiger partial charge in [-0.05, 0) is 82.0 Å². The predicted octanol–water partition coefficient (Wildman–Crippen LogP) is 5.56. The van der Waals surface area contributed by atoms with Crippen molar-refractivity contribution in [3.05, 3.63) is 76.5 Å². The third kappa shape index (κ3) is 4.50. The van der Waals surface area contributed by atoms with Gasteiger partial charge in [-0.2, -0.15) is 0 Å². The lowest BCUT2D eigenvalue weighted by molar-refractivity contribution is 0.608. The monoisotopic (exact) mass is 470 g/mol. The minimum absolute atomic E-state index is 0.368. The number of aryl methyl sites for hydroxylation is 1. The largest absolute Gasteiger partial charge is 0.344 e. The average Bonchev–Trinajstić information content (AvgIpc) is 3.70. The zero-order chi connectivity index (χ0) is 23.8. The Bertz CT molecular complexity index is 1180. The Labute approximate surface area is 208 Å². The average molecular weight is 471 g/mol. The normalized spacial score (nSPS) is 27.6. The van der Waals surface area contributed by atoms with E-state index in [9.17, 15) is 0 Å². The fraction of sp³-hybridized carbons (Fsp3) is 0.517. The van der Waals surface area contributed by atoms with E-state index in [0.717, 1.165) is 56.1 Å². The fourth-order valence-corrected chi connectivity index (χ4v) is 6.18. The zero-order valence-corrected chi connectivity index (χ0v) is 21.0. The van der Waals surface area contributed by atoms with Gasteiger partial charge in [-0.3, -0.25) is 0 Å². The number of aromatic amines is 2. The quantitative estimate of drug-likeness (QED) is 0.417. The molecule has 0 aromatic carbocycles. The van der Waals surface area contributed by atoms with Crippen molar-refractivity contribution in [3.63, 3.8) is 0 Å². The Morgan fingerprint density at radius 2 is 1.86 bits per heavy atom. The molecule has 4 heterocycles. The number of rotatable bonds is 6. The number of imidazole rings is 2. The Morgan fingerprint density at radius 3 is 2.60 bits per heavy atom. The molecule has 0 saturated carbocycles. The molecule has 0 bridgehead atoms. The fourth-order valence-electron chi connectivity index (χ4n) is 6.18. The second-order valence-corrected chi connectivity index (χ2v) is 10.6. The van der Waals surface area contributed by atoms with Crippen LogP contribution in [0.3, 0.4) is 0 Å². The molecule has 0 radical (unpaired) electrons. The molecule has 2 saturated heterocycles. The van der Waals surface area contributed by atoms with Crippen molar-refractivity contribution < 1.29 is 0 Å². The maximum absolute atomic E-state index is 5.10. The Balaban J connectivity index is 1.14. The number of H-pyrrole nitrogens is 2. The number of aromatic nitrogens is 4. The lowest BCUT2D eigenvalue weighted by atomic mass is 9.77. The second-order valence-electron chi connectivity index (χ2n) is 10.6. The van der Waals surface area contributed by atoms with Crippen LogP contribution in [0.2, 0.25) is 0 Å². The number of nitrogens with one attached hydrogen (secondary N) is 4. The highest BCUT2D eigenvalue weighted by Crippen LogP contribution is 2.42. The van der Waals surface area contributed by atoms with Gasteiger partial charge in [-0.25, -0.2) is 9.97 Å². The second kappa shape index (κ2) is 9.75. The molecule has 35 heavy (non-hydrogen) atoms. The van der Waals surface area contributed by atoms with Crippen molar-refractivity contribution in [2.24, 2.45) is 5.92 Å². The van der Waals surface area contributed by atoms with Gasteiger partial charge in [0.2, 0.25) is 0 Å². The van der Waals surface area contributed by atoms with E-state index in [1.54, 1.807) is 5.57 Å². The van der Waals surface area contributed by atoms with E-state index in [4.69, 9.17) is 4.98 Å². The molecule has 2 aliphatic heterocycles. The van der Waals surface area contributed by atoms with Crippen molar-refractivity contribution >= 4 is 5.57 Å². The number of hydrogen-bond acceptors (Lipinski definition) is 4. The molecular formula is C29H38N6. The Kier molecular flexibility index (Phi) is 6.33. The van der Waals surface area contributed by atoms with Crippen molar-refractivity contribution in [1.82, 2.24) is 30.6 Å². The summed E-state index contributed by atoms with van der Waals surface area (Å²) in [5, 5.41) is 7.12. The first-order chi connectivity index (χ1) is 17.2. The first kappa shape index (κ1) is 22.7. The molecule has 2 unspecified atom stereocenters. The summed E-state index contributed by atoms with van der Waals surface area (Å²) in [4.78, 5) is 17.0. The molecule has 4 N–H and O–H groups in total. The van der Waals surface area contributed by atoms with Crippen LogP contribution < -0.4 is 10.6 Å². The summed E-state index contributed by atoms with van der Waals surface area (Å²) in [6.07, 6.45) is 21.7. The zero-order valence-electron chi connectivity index (χ0n) is 21.0. The summed E-state index contributed by atoms with van der Waals surface area (Å²) < 4.78 is 0. The van der Waals surface area contributed by atoms with Gasteiger partial charge in [0.1, 0.15) is 11.6 Å². The Hall–Kier alpha value is -2.70. The van der Waals surface area contributed by atoms with Crippen molar-refractivity contribution in [1.29, 1.82) is 0 Å². The van der Waals surface area contributed by atoms with Crippen LogP contribution in [0.15, 0.2) is 47.7 Å². The maximum Gasteiger partial charge on any atom is 0.123 e. The van der Waals surface area contributed by atoms with Crippen molar-refractivity contribution in [2.45, 2.75) is 76.8 Å². The summed E-state index contributed by atoms with van der Waals surface area (Å²) in [5.74, 6) is 3.04. The van der Waals surface area contributed by atoms with E-state index in [-0.39, 0.29) is 0 Å². The van der Waals surface area contributed by atoms with Crippen LogP contribution in [0, 0.1) is 5.92 Å². The van der Waals surface area contributed by atoms with Gasteiger partial charge in [-0.15, -0.1) is 0 Å². The van der Waals surface area contributed by atoms with Gasteiger partial charge >= 0.3 is 0 Å². The lowest BCUT2D eigenvalue weighted by Gasteiger charge is -2.28. The van der Waals surface area contributed by atoms with E-state index in [0.29, 0.717) is 23.9 Å². The maximum atomic E-state index is 5.10. The highest BCUT2D eigenvalue weighted by molar-refractivity contribution is 5.71. The predicted molar refractivity (Wildman–Crippen MR) is 141 cm³/mol. The summed E-state index contributed by atoms with van der Waals surface area (Å²) >= 11 is 0. The smallest absolute Gasteiger partial charge is 0.123 e. The molecule has 0 amide bonds. The molecule has 4 aliphatic rings. The van der Waals surface area contributed by atoms with Gasteiger partial charge in [0.05, 0.1) is 29.7 Å². The summed E-state index contributed by atoms with van der Waals surface area (Å²) in [6, 6.07) is 0.779. The van der Waals surface area contributed by atoms with Gasteiger partial charge in [0, 0.05) is 11.6 Å². The molecule has 2 aromatic heterocycles. The third-order valence-electron chi connectivity index (χ3n) is 8.30. The number of allylic oxidation sites excluding steroid dienone is 8. The van der Waals surface area contributed by atoms with Crippen molar-refractivity contribution in [3.8, 4) is 0 Å². The topological polar surface area (TPSA) is 81.4 Å². The van der Waals surface area contributed by atoms with E-state index >= 15 is 0 Å². The van der Waals surface area contributed by atoms with Crippen LogP contribution in [0.5, 0.6) is 0 Å². The summed E-state index contributed by atoms with van der Waals surface area (Å²) in [7, 11) is 0. The molecule has 6 rings (SSSR count). The van der Waals surface area contributed by atoms with Crippen molar-refractivity contribution in [2.75, 3.05) is 13.1 Å². The summed E-state index contributed by atoms with van der Waals surface area (Å²) in [5.41, 5.74) is 7.95. The molecule has 0 spiro atoms. The third-order valence-corrected chi connectivity index (χ3v) is 8.30. The standard InChI is InChI=1S/C29H38N6/c1-3-19(26-17-32-28(34-26)24-6-4-14-30-24)9-8-18(2)20-10-12-22-21(16-20)11-13-23-27(22)35-29(33-23)25-7-5-15-31-25/h3,8-10,16-18,22,24-25,30-31H,4-7,11-15H2,1-2H3,(H,32,34)(H,33,35)/b9-8-,19-3+/t18?,22?,24-,25-/m0/s1. The minimum Gasteiger partial charge on any atom is -0.344 e. The van der Waals surface area contributed by atoms with Gasteiger partial charge < -0.3 is 20.6 Å². The Morgan fingerprint density at radius 1 is 1.06 bits per heavy atom. The first-order valence-corrected chi connectivity index (χ1v) is 13.6. The summed E-state index contributed by atoms with van der Waals surface area (Å²) in [6.45, 7) is 6.60. The van der Waals surface area contributed by atoms with E-state index in [1.165, 1.54) is 41.8 Å². The van der Waals surface area contributed by atoms with Crippen LogP contribution in [0.1, 0.15) is 99.1 Å². The molecule has 2 fully saturated rings. The molecule has 2 aliphatic carbocycles. The van der Waals surface area contributed by atoms with Crippen LogP contribution in [0.4, 0.5) is 0 Å². The molecule has 6 heteroatoms. The molecular weight excluding hydrogens is 432 g/mol. The highest BCUT2D eigenvalue weighted by Gasteiger charge is 2.31. The van der Waals surface area contributed by atoms with Crippen LogP contribution in [0.25, 0.3) is 5.57 Å². The minimum atomic E-state index is 0.368. The highest BCUT2D eigenvalue weighted by atomic mass is 15.1.